The summed E-state index contributed by atoms with van der Waals surface area (Å²) in [6.07, 6.45) is 2.15. The Morgan fingerprint density at radius 2 is 2.05 bits per heavy atom. The van der Waals surface area contributed by atoms with Gasteiger partial charge in [0.25, 0.3) is 0 Å². The molecule has 0 saturated heterocycles. The Morgan fingerprint density at radius 1 is 1.26 bits per heavy atom. The Morgan fingerprint density at radius 3 is 2.79 bits per heavy atom. The minimum Gasteiger partial charge on any atom is -0.307 e. The molecule has 8 heteroatoms. The van der Waals surface area contributed by atoms with E-state index in [1.165, 1.54) is 0 Å². The van der Waals surface area contributed by atoms with Gasteiger partial charge >= 0.3 is 0 Å². The van der Waals surface area contributed by atoms with Crippen molar-refractivity contribution in [2.24, 2.45) is 0 Å². The summed E-state index contributed by atoms with van der Waals surface area (Å²) in [6.45, 7) is 0.315. The second kappa shape index (κ2) is 4.61. The summed E-state index contributed by atoms with van der Waals surface area (Å²) >= 11 is 0. The molecule has 1 heterocycles. The zero-order chi connectivity index (χ0) is 13.4. The molecule has 1 aromatic carbocycles. The summed E-state index contributed by atoms with van der Waals surface area (Å²) in [7, 11) is 0. The first-order chi connectivity index (χ1) is 9.15. The molecular formula is C11H10F3N5. The van der Waals surface area contributed by atoms with Crippen LogP contribution in [0.2, 0.25) is 0 Å². The van der Waals surface area contributed by atoms with Crippen LogP contribution >= 0.6 is 0 Å². The van der Waals surface area contributed by atoms with Gasteiger partial charge in [-0.25, -0.2) is 13.2 Å². The third kappa shape index (κ3) is 2.43. The van der Waals surface area contributed by atoms with Crippen LogP contribution in [0.5, 0.6) is 0 Å². The van der Waals surface area contributed by atoms with Crippen molar-refractivity contribution in [3.05, 3.63) is 35.4 Å². The van der Waals surface area contributed by atoms with Gasteiger partial charge in [-0.2, -0.15) is 4.68 Å². The average molecular weight is 269 g/mol. The number of hydrogen-bond donors (Lipinski definition) is 1. The molecule has 100 valence electrons. The molecular weight excluding hydrogens is 259 g/mol. The molecule has 0 spiro atoms. The fraction of sp³-hybridized carbons (Fsp3) is 0.364. The number of aromatic nitrogens is 4. The molecule has 0 aliphatic heterocycles. The molecule has 0 unspecified atom stereocenters. The molecule has 1 aliphatic carbocycles. The van der Waals surface area contributed by atoms with E-state index in [1.54, 1.807) is 0 Å². The highest BCUT2D eigenvalue weighted by molar-refractivity contribution is 5.34. The maximum absolute atomic E-state index is 13.7. The van der Waals surface area contributed by atoms with E-state index in [-0.39, 0.29) is 5.69 Å². The van der Waals surface area contributed by atoms with E-state index >= 15 is 0 Å². The molecule has 0 bridgehead atoms. The predicted molar refractivity (Wildman–Crippen MR) is 58.9 cm³/mol. The van der Waals surface area contributed by atoms with E-state index in [2.05, 4.69) is 20.8 Å². The highest BCUT2D eigenvalue weighted by atomic mass is 19.2. The molecule has 1 N–H and O–H groups in total. The van der Waals surface area contributed by atoms with Crippen LogP contribution in [0, 0.1) is 17.5 Å². The number of hydrogen-bond acceptors (Lipinski definition) is 4. The molecule has 1 aromatic heterocycles. The quantitative estimate of drug-likeness (QED) is 0.851. The zero-order valence-corrected chi connectivity index (χ0v) is 9.78. The first-order valence-electron chi connectivity index (χ1n) is 5.80. The fourth-order valence-corrected chi connectivity index (χ4v) is 1.72. The van der Waals surface area contributed by atoms with Gasteiger partial charge in [-0.3, -0.25) is 0 Å². The van der Waals surface area contributed by atoms with Gasteiger partial charge in [-0.1, -0.05) is 0 Å². The highest BCUT2D eigenvalue weighted by Gasteiger charge is 2.22. The second-order valence-electron chi connectivity index (χ2n) is 4.38. The molecule has 1 saturated carbocycles. The summed E-state index contributed by atoms with van der Waals surface area (Å²) < 4.78 is 41.0. The van der Waals surface area contributed by atoms with Crippen LogP contribution in [0.15, 0.2) is 12.1 Å². The van der Waals surface area contributed by atoms with Gasteiger partial charge in [0.1, 0.15) is 11.5 Å². The van der Waals surface area contributed by atoms with E-state index in [1.807, 2.05) is 0 Å². The average Bonchev–Trinajstić information content (AvgIpc) is 3.09. The van der Waals surface area contributed by atoms with Crippen molar-refractivity contribution < 1.29 is 13.2 Å². The lowest BCUT2D eigenvalue weighted by molar-refractivity contribution is 0.484. The van der Waals surface area contributed by atoms with Crippen molar-refractivity contribution in [1.29, 1.82) is 0 Å². The summed E-state index contributed by atoms with van der Waals surface area (Å²) in [5.74, 6) is -3.03. The first-order valence-corrected chi connectivity index (χ1v) is 5.80. The van der Waals surface area contributed by atoms with Crippen LogP contribution in [0.1, 0.15) is 18.7 Å². The van der Waals surface area contributed by atoms with Crippen LogP contribution in [0.4, 0.5) is 13.2 Å². The van der Waals surface area contributed by atoms with E-state index < -0.39 is 17.5 Å². The Labute approximate surface area is 106 Å². The van der Waals surface area contributed by atoms with Crippen molar-refractivity contribution in [3.8, 4) is 5.69 Å². The summed E-state index contributed by atoms with van der Waals surface area (Å²) in [5.41, 5.74) is -0.338. The smallest absolute Gasteiger partial charge is 0.184 e. The molecule has 0 radical (unpaired) electrons. The van der Waals surface area contributed by atoms with Gasteiger partial charge in [0.15, 0.2) is 17.5 Å². The van der Waals surface area contributed by atoms with Crippen molar-refractivity contribution in [3.63, 3.8) is 0 Å². The lowest BCUT2D eigenvalue weighted by atomic mass is 10.3. The van der Waals surface area contributed by atoms with Crippen molar-refractivity contribution in [2.45, 2.75) is 25.4 Å². The number of benzene rings is 1. The van der Waals surface area contributed by atoms with Gasteiger partial charge in [0.2, 0.25) is 0 Å². The third-order valence-electron chi connectivity index (χ3n) is 2.86. The highest BCUT2D eigenvalue weighted by Crippen LogP contribution is 2.21. The molecule has 0 amide bonds. The van der Waals surface area contributed by atoms with Crippen LogP contribution in [0.25, 0.3) is 5.69 Å². The zero-order valence-electron chi connectivity index (χ0n) is 9.78. The molecule has 19 heavy (non-hydrogen) atoms. The minimum absolute atomic E-state index is 0.302. The second-order valence-corrected chi connectivity index (χ2v) is 4.38. The van der Waals surface area contributed by atoms with Crippen LogP contribution in [-0.2, 0) is 6.54 Å². The van der Waals surface area contributed by atoms with Gasteiger partial charge in [0.05, 0.1) is 6.54 Å². The van der Waals surface area contributed by atoms with Gasteiger partial charge < -0.3 is 5.32 Å². The Kier molecular flexibility index (Phi) is 2.94. The summed E-state index contributed by atoms with van der Waals surface area (Å²) in [5, 5.41) is 13.8. The molecule has 3 rings (SSSR count). The predicted octanol–water partition coefficient (Wildman–Crippen LogP) is 1.33. The molecule has 1 aliphatic rings. The largest absolute Gasteiger partial charge is 0.307 e. The van der Waals surface area contributed by atoms with Crippen LogP contribution in [-0.4, -0.2) is 26.2 Å². The number of rotatable bonds is 4. The van der Waals surface area contributed by atoms with Gasteiger partial charge in [-0.15, -0.1) is 5.10 Å². The van der Waals surface area contributed by atoms with Gasteiger partial charge in [0, 0.05) is 18.2 Å². The van der Waals surface area contributed by atoms with Crippen molar-refractivity contribution in [2.75, 3.05) is 0 Å². The number of nitrogens with one attached hydrogen (secondary N) is 1. The van der Waals surface area contributed by atoms with E-state index in [0.717, 1.165) is 23.6 Å². The maximum Gasteiger partial charge on any atom is 0.184 e. The Bertz CT molecular complexity index is 608. The van der Waals surface area contributed by atoms with E-state index in [4.69, 9.17) is 0 Å². The topological polar surface area (TPSA) is 55.6 Å². The minimum atomic E-state index is -1.27. The summed E-state index contributed by atoms with van der Waals surface area (Å²) in [4.78, 5) is 0. The number of halogens is 3. The fourth-order valence-electron chi connectivity index (χ4n) is 1.72. The van der Waals surface area contributed by atoms with Gasteiger partial charge in [-0.05, 0) is 23.3 Å². The monoisotopic (exact) mass is 269 g/mol. The lowest BCUT2D eigenvalue weighted by Crippen LogP contribution is -2.19. The molecule has 1 fully saturated rings. The molecule has 0 atom stereocenters. The number of nitrogens with zero attached hydrogens (tertiary/aromatic N) is 4. The number of tetrazole rings is 1. The van der Waals surface area contributed by atoms with Crippen molar-refractivity contribution in [1.82, 2.24) is 25.5 Å². The molecule has 2 aromatic rings. The normalized spacial score (nSPS) is 14.9. The van der Waals surface area contributed by atoms with E-state index in [9.17, 15) is 13.2 Å². The maximum atomic E-state index is 13.7. The summed E-state index contributed by atoms with van der Waals surface area (Å²) in [6, 6.07) is 1.75. The van der Waals surface area contributed by atoms with Crippen molar-refractivity contribution >= 4 is 0 Å². The third-order valence-corrected chi connectivity index (χ3v) is 2.86. The standard InChI is InChI=1S/C11H10F3N5/c12-6-3-8(13)11(14)9(4-6)19-10(16-17-18-19)5-15-7-1-2-7/h3-4,7,15H,1-2,5H2. The molecule has 5 nitrogen and oxygen atoms in total. The SMILES string of the molecule is Fc1cc(F)c(F)c(-n2nnnc2CNC2CC2)c1. The first kappa shape index (κ1) is 12.1. The Balaban J connectivity index is 1.94. The lowest BCUT2D eigenvalue weighted by Gasteiger charge is -2.07. The van der Waals surface area contributed by atoms with Crippen LogP contribution in [0.3, 0.4) is 0 Å². The van der Waals surface area contributed by atoms with E-state index in [0.29, 0.717) is 24.5 Å². The van der Waals surface area contributed by atoms with Crippen LogP contribution < -0.4 is 5.32 Å². The Hall–Kier alpha value is -1.96.